The number of hydrogen-bond donors (Lipinski definition) is 1. The summed E-state index contributed by atoms with van der Waals surface area (Å²) in [5, 5.41) is 3.25. The average Bonchev–Trinajstić information content (AvgIpc) is 3.11. The molecular weight excluding hydrogens is 623 g/mol. The van der Waals surface area contributed by atoms with E-state index >= 15 is 0 Å². The lowest BCUT2D eigenvalue weighted by molar-refractivity contribution is -0.140. The minimum absolute atomic E-state index is 0.0360. The molecule has 0 radical (unpaired) electrons. The first-order valence-electron chi connectivity index (χ1n) is 16.7. The van der Waals surface area contributed by atoms with Crippen molar-refractivity contribution in [1.82, 2.24) is 10.2 Å². The maximum Gasteiger partial charge on any atom is 0.264 e. The average molecular weight is 668 g/mol. The van der Waals surface area contributed by atoms with E-state index in [2.05, 4.69) is 5.32 Å². The zero-order valence-electron chi connectivity index (χ0n) is 27.8. The van der Waals surface area contributed by atoms with E-state index in [4.69, 9.17) is 4.74 Å². The fourth-order valence-electron chi connectivity index (χ4n) is 6.16. The Balaban J connectivity index is 1.58. The Hall–Kier alpha value is -4.63. The van der Waals surface area contributed by atoms with Gasteiger partial charge in [-0.2, -0.15) is 0 Å². The van der Waals surface area contributed by atoms with Crippen LogP contribution in [0.3, 0.4) is 0 Å². The lowest BCUT2D eigenvalue weighted by Crippen LogP contribution is -2.55. The summed E-state index contributed by atoms with van der Waals surface area (Å²) in [5.74, 6) is -0.396. The molecule has 0 saturated heterocycles. The number of nitrogens with one attached hydrogen (secondary N) is 1. The highest BCUT2D eigenvalue weighted by molar-refractivity contribution is 7.92. The number of anilines is 1. The molecule has 5 rings (SSSR count). The van der Waals surface area contributed by atoms with Crippen LogP contribution in [0.15, 0.2) is 114 Å². The number of amides is 2. The number of aryl methyl sites for hydroxylation is 1. The summed E-state index contributed by atoms with van der Waals surface area (Å²) in [6.45, 7) is 3.71. The fraction of sp³-hybridized carbons (Fsp3) is 0.333. The van der Waals surface area contributed by atoms with Crippen molar-refractivity contribution in [3.05, 3.63) is 126 Å². The lowest BCUT2D eigenvalue weighted by atomic mass is 9.94. The van der Waals surface area contributed by atoms with Gasteiger partial charge in [0.2, 0.25) is 11.8 Å². The van der Waals surface area contributed by atoms with Gasteiger partial charge in [-0.25, -0.2) is 8.42 Å². The molecule has 0 aromatic heterocycles. The summed E-state index contributed by atoms with van der Waals surface area (Å²) in [6, 6.07) is 31.5. The van der Waals surface area contributed by atoms with Crippen LogP contribution in [0.5, 0.6) is 5.75 Å². The molecule has 1 saturated carbocycles. The minimum atomic E-state index is -4.22. The molecule has 0 bridgehead atoms. The predicted molar refractivity (Wildman–Crippen MR) is 189 cm³/mol. The van der Waals surface area contributed by atoms with Crippen LogP contribution in [0.25, 0.3) is 0 Å². The molecule has 8 nitrogen and oxygen atoms in total. The van der Waals surface area contributed by atoms with Gasteiger partial charge < -0.3 is 15.0 Å². The minimum Gasteiger partial charge on any atom is -0.492 e. The van der Waals surface area contributed by atoms with Crippen LogP contribution in [0.4, 0.5) is 5.69 Å². The van der Waals surface area contributed by atoms with E-state index in [0.717, 1.165) is 53.1 Å². The molecule has 2 amide bonds. The standard InChI is InChI=1S/C39H45N3O5S/c1-3-47-37-22-14-13-21-35(37)42(48(45,46)34-19-11-6-12-20-34)29-38(43)41(28-32-25-23-30(2)24-26-32)36(27-31-15-7-4-8-16-31)39(44)40-33-17-9-5-10-18-33/h4,6-8,11-16,19-26,33,36H,3,5,9-10,17-18,27-29H2,1-2H3,(H,40,44)/t36-/m1/s1. The van der Waals surface area contributed by atoms with Crippen LogP contribution in [0.2, 0.25) is 0 Å². The van der Waals surface area contributed by atoms with Gasteiger partial charge in [-0.05, 0) is 62.1 Å². The Morgan fingerprint density at radius 3 is 2.10 bits per heavy atom. The number of carbonyl (C=O) groups excluding carboxylic acids is 2. The van der Waals surface area contributed by atoms with Crippen molar-refractivity contribution in [3.63, 3.8) is 0 Å². The molecule has 1 atom stereocenters. The predicted octanol–water partition coefficient (Wildman–Crippen LogP) is 6.68. The summed E-state index contributed by atoms with van der Waals surface area (Å²) >= 11 is 0. The number of hydrogen-bond acceptors (Lipinski definition) is 5. The second-order valence-corrected chi connectivity index (χ2v) is 14.1. The smallest absolute Gasteiger partial charge is 0.264 e. The van der Waals surface area contributed by atoms with Gasteiger partial charge in [0.05, 0.1) is 17.2 Å². The lowest BCUT2D eigenvalue weighted by Gasteiger charge is -2.35. The van der Waals surface area contributed by atoms with Gasteiger partial charge in [0.25, 0.3) is 10.0 Å². The molecule has 4 aromatic rings. The molecule has 0 unspecified atom stereocenters. The number of benzene rings is 4. The van der Waals surface area contributed by atoms with Crippen LogP contribution < -0.4 is 14.4 Å². The third-order valence-corrected chi connectivity index (χ3v) is 10.5. The number of ether oxygens (including phenoxy) is 1. The highest BCUT2D eigenvalue weighted by Gasteiger charge is 2.36. The SMILES string of the molecule is CCOc1ccccc1N(CC(=O)N(Cc1ccc(C)cc1)[C@H](Cc1ccccc1)C(=O)NC1CCCCC1)S(=O)(=O)c1ccccc1. The Labute approximate surface area is 284 Å². The highest BCUT2D eigenvalue weighted by Crippen LogP contribution is 2.33. The van der Waals surface area contributed by atoms with Crippen molar-refractivity contribution in [1.29, 1.82) is 0 Å². The molecule has 1 aliphatic rings. The molecule has 1 fully saturated rings. The largest absolute Gasteiger partial charge is 0.492 e. The molecule has 1 N–H and O–H groups in total. The van der Waals surface area contributed by atoms with E-state index in [1.807, 2.05) is 68.4 Å². The first kappa shape index (κ1) is 34.7. The second kappa shape index (κ2) is 16.5. The number of rotatable bonds is 14. The Morgan fingerprint density at radius 1 is 0.812 bits per heavy atom. The third kappa shape index (κ3) is 8.83. The Bertz CT molecular complexity index is 1740. The van der Waals surface area contributed by atoms with Crippen LogP contribution in [-0.4, -0.2) is 50.4 Å². The number of nitrogens with zero attached hydrogens (tertiary/aromatic N) is 2. The highest BCUT2D eigenvalue weighted by atomic mass is 32.2. The van der Waals surface area contributed by atoms with Crippen molar-refractivity contribution >= 4 is 27.5 Å². The first-order valence-corrected chi connectivity index (χ1v) is 18.2. The van der Waals surface area contributed by atoms with Gasteiger partial charge in [-0.15, -0.1) is 0 Å². The quantitative estimate of drug-likeness (QED) is 0.162. The molecule has 252 valence electrons. The number of sulfonamides is 1. The monoisotopic (exact) mass is 667 g/mol. The van der Waals surface area contributed by atoms with Crippen LogP contribution >= 0.6 is 0 Å². The molecule has 9 heteroatoms. The fourth-order valence-corrected chi connectivity index (χ4v) is 7.61. The van der Waals surface area contributed by atoms with E-state index in [1.165, 1.54) is 12.1 Å². The van der Waals surface area contributed by atoms with Crippen molar-refractivity contribution in [3.8, 4) is 5.75 Å². The van der Waals surface area contributed by atoms with Gasteiger partial charge in [0.1, 0.15) is 18.3 Å². The van der Waals surface area contributed by atoms with Crippen LogP contribution in [0, 0.1) is 6.92 Å². The first-order chi connectivity index (χ1) is 23.3. The number of carbonyl (C=O) groups is 2. The van der Waals surface area contributed by atoms with Crippen molar-refractivity contribution < 1.29 is 22.7 Å². The van der Waals surface area contributed by atoms with E-state index in [1.54, 1.807) is 47.4 Å². The van der Waals surface area contributed by atoms with Crippen LogP contribution in [-0.2, 0) is 32.6 Å². The molecule has 4 aromatic carbocycles. The van der Waals surface area contributed by atoms with Crippen LogP contribution in [0.1, 0.15) is 55.7 Å². The van der Waals surface area contributed by atoms with Crippen molar-refractivity contribution in [2.45, 2.75) is 75.9 Å². The molecule has 48 heavy (non-hydrogen) atoms. The normalized spacial score (nSPS) is 14.1. The van der Waals surface area contributed by atoms with Gasteiger partial charge in [-0.1, -0.05) is 110 Å². The summed E-state index contributed by atoms with van der Waals surface area (Å²) in [7, 11) is -4.22. The number of para-hydroxylation sites is 2. The van der Waals surface area contributed by atoms with E-state index < -0.39 is 28.5 Å². The molecule has 1 aliphatic carbocycles. The summed E-state index contributed by atoms with van der Waals surface area (Å²) in [5.41, 5.74) is 3.06. The maximum atomic E-state index is 14.8. The summed E-state index contributed by atoms with van der Waals surface area (Å²) < 4.78 is 35.6. The zero-order chi connectivity index (χ0) is 33.9. The van der Waals surface area contributed by atoms with E-state index in [0.29, 0.717) is 12.4 Å². The third-order valence-electron chi connectivity index (χ3n) is 8.74. The second-order valence-electron chi connectivity index (χ2n) is 12.3. The van der Waals surface area contributed by atoms with E-state index in [-0.39, 0.29) is 35.5 Å². The van der Waals surface area contributed by atoms with E-state index in [9.17, 15) is 18.0 Å². The van der Waals surface area contributed by atoms with Gasteiger partial charge >= 0.3 is 0 Å². The summed E-state index contributed by atoms with van der Waals surface area (Å²) in [4.78, 5) is 30.6. The Kier molecular flexibility index (Phi) is 11.9. The van der Waals surface area contributed by atoms with Crippen molar-refractivity contribution in [2.75, 3.05) is 17.5 Å². The molecule has 0 aliphatic heterocycles. The van der Waals surface area contributed by atoms with Gasteiger partial charge in [-0.3, -0.25) is 13.9 Å². The molecular formula is C39H45N3O5S. The molecule has 0 heterocycles. The van der Waals surface area contributed by atoms with Gasteiger partial charge in [0.15, 0.2) is 0 Å². The Morgan fingerprint density at radius 2 is 1.44 bits per heavy atom. The van der Waals surface area contributed by atoms with Gasteiger partial charge in [0, 0.05) is 19.0 Å². The topological polar surface area (TPSA) is 96.0 Å². The maximum absolute atomic E-state index is 14.8. The molecule has 0 spiro atoms. The summed E-state index contributed by atoms with van der Waals surface area (Å²) in [6.07, 6.45) is 5.31. The van der Waals surface area contributed by atoms with Crippen molar-refractivity contribution in [2.24, 2.45) is 0 Å². The zero-order valence-corrected chi connectivity index (χ0v) is 28.6.